The normalized spacial score (nSPS) is 12.8. The molecule has 3 heteroatoms. The number of aromatic nitrogens is 1. The molecule has 0 radical (unpaired) electrons. The first-order chi connectivity index (χ1) is 8.31. The number of rotatable bonds is 2. The molecule has 0 N–H and O–H groups in total. The largest absolute Gasteiger partial charge is 0.288 e. The van der Waals surface area contributed by atoms with E-state index in [0.29, 0.717) is 5.15 Å². The van der Waals surface area contributed by atoms with Gasteiger partial charge in [-0.3, -0.25) is 4.99 Å². The van der Waals surface area contributed by atoms with Crippen LogP contribution < -0.4 is 0 Å². The highest BCUT2D eigenvalue weighted by molar-refractivity contribution is 6.29. The van der Waals surface area contributed by atoms with Gasteiger partial charge in [-0.15, -0.1) is 0 Å². The van der Waals surface area contributed by atoms with Gasteiger partial charge in [-0.05, 0) is 46.9 Å². The maximum Gasteiger partial charge on any atom is 0.129 e. The number of nitrogens with zero attached hydrogens (tertiary/aromatic N) is 2. The van der Waals surface area contributed by atoms with Crippen molar-refractivity contribution in [2.45, 2.75) is 13.0 Å². The minimum atomic E-state index is 0.547. The van der Waals surface area contributed by atoms with Crippen LogP contribution in [0.4, 0.5) is 0 Å². The number of halogens is 1. The molecule has 0 saturated carbocycles. The van der Waals surface area contributed by atoms with Gasteiger partial charge in [0.15, 0.2) is 0 Å². The monoisotopic (exact) mass is 242 g/mol. The highest BCUT2D eigenvalue weighted by Gasteiger charge is 2.07. The lowest BCUT2D eigenvalue weighted by Gasteiger charge is -2.04. The minimum absolute atomic E-state index is 0.547. The van der Waals surface area contributed by atoms with E-state index in [-0.39, 0.29) is 0 Å². The van der Waals surface area contributed by atoms with Crippen molar-refractivity contribution < 1.29 is 0 Å². The summed E-state index contributed by atoms with van der Waals surface area (Å²) in [6.45, 7) is 0.816. The van der Waals surface area contributed by atoms with Crippen LogP contribution in [0, 0.1) is 0 Å². The van der Waals surface area contributed by atoms with Crippen LogP contribution in [0.25, 0.3) is 0 Å². The van der Waals surface area contributed by atoms with Crippen LogP contribution in [0.5, 0.6) is 0 Å². The van der Waals surface area contributed by atoms with Gasteiger partial charge in [-0.2, -0.15) is 0 Å². The Hall–Kier alpha value is -1.67. The third-order valence-corrected chi connectivity index (χ3v) is 3.11. The van der Waals surface area contributed by atoms with Crippen molar-refractivity contribution in [1.82, 2.24) is 4.98 Å². The molecule has 0 atom stereocenters. The second-order valence-corrected chi connectivity index (χ2v) is 4.55. The molecular formula is C14H11ClN2. The molecular weight excluding hydrogens is 232 g/mol. The minimum Gasteiger partial charge on any atom is -0.288 e. The fraction of sp³-hybridized carbons (Fsp3) is 0.143. The maximum absolute atomic E-state index is 5.87. The van der Waals surface area contributed by atoms with Crippen molar-refractivity contribution in [2.24, 2.45) is 4.99 Å². The Labute approximate surface area is 105 Å². The first-order valence-electron chi connectivity index (χ1n) is 5.53. The van der Waals surface area contributed by atoms with Gasteiger partial charge < -0.3 is 0 Å². The molecule has 0 fully saturated rings. The van der Waals surface area contributed by atoms with Gasteiger partial charge in [-0.1, -0.05) is 23.7 Å². The second kappa shape index (κ2) is 4.30. The van der Waals surface area contributed by atoms with E-state index in [9.17, 15) is 0 Å². The number of hydrogen-bond donors (Lipinski definition) is 0. The molecule has 2 aromatic rings. The van der Waals surface area contributed by atoms with Crippen molar-refractivity contribution in [2.75, 3.05) is 0 Å². The quantitative estimate of drug-likeness (QED) is 0.742. The number of aliphatic imine (C=N–C) groups is 1. The van der Waals surface area contributed by atoms with Gasteiger partial charge in [-0.25, -0.2) is 4.98 Å². The van der Waals surface area contributed by atoms with E-state index in [1.807, 2.05) is 18.3 Å². The van der Waals surface area contributed by atoms with E-state index < -0.39 is 0 Å². The summed E-state index contributed by atoms with van der Waals surface area (Å²) >= 11 is 5.87. The first kappa shape index (κ1) is 10.5. The summed E-state index contributed by atoms with van der Waals surface area (Å²) < 4.78 is 0. The van der Waals surface area contributed by atoms with E-state index in [0.717, 1.165) is 13.0 Å². The summed E-state index contributed by atoms with van der Waals surface area (Å²) in [7, 11) is 0. The van der Waals surface area contributed by atoms with Crippen molar-refractivity contribution in [3.8, 4) is 0 Å². The predicted octanol–water partition coefficient (Wildman–Crippen LogP) is 3.26. The number of benzene rings is 1. The molecule has 17 heavy (non-hydrogen) atoms. The van der Waals surface area contributed by atoms with Crippen LogP contribution in [-0.4, -0.2) is 11.2 Å². The summed E-state index contributed by atoms with van der Waals surface area (Å²) in [5.41, 5.74) is 5.00. The highest BCUT2D eigenvalue weighted by Crippen LogP contribution is 2.19. The van der Waals surface area contributed by atoms with Crippen molar-refractivity contribution >= 4 is 17.8 Å². The van der Waals surface area contributed by atoms with Crippen LogP contribution >= 0.6 is 11.6 Å². The van der Waals surface area contributed by atoms with E-state index in [1.54, 1.807) is 6.20 Å². The van der Waals surface area contributed by atoms with E-state index in [2.05, 4.69) is 28.2 Å². The van der Waals surface area contributed by atoms with Crippen molar-refractivity contribution in [1.29, 1.82) is 0 Å². The molecule has 84 valence electrons. The molecule has 1 aromatic carbocycles. The van der Waals surface area contributed by atoms with Gasteiger partial charge in [0.25, 0.3) is 0 Å². The van der Waals surface area contributed by atoms with Crippen molar-refractivity contribution in [3.05, 3.63) is 63.9 Å². The van der Waals surface area contributed by atoms with Crippen LogP contribution in [0.2, 0.25) is 5.15 Å². The maximum atomic E-state index is 5.87. The predicted molar refractivity (Wildman–Crippen MR) is 69.8 cm³/mol. The zero-order chi connectivity index (χ0) is 11.7. The smallest absolute Gasteiger partial charge is 0.129 e. The Morgan fingerprint density at radius 1 is 1.12 bits per heavy atom. The highest BCUT2D eigenvalue weighted by atomic mass is 35.5. The molecule has 0 amide bonds. The number of hydrogen-bond acceptors (Lipinski definition) is 2. The molecule has 0 unspecified atom stereocenters. The fourth-order valence-electron chi connectivity index (χ4n) is 2.05. The van der Waals surface area contributed by atoms with Gasteiger partial charge in [0.1, 0.15) is 5.15 Å². The van der Waals surface area contributed by atoms with Gasteiger partial charge >= 0.3 is 0 Å². The molecule has 0 aliphatic carbocycles. The number of fused-ring (bicyclic) bond motifs is 1. The van der Waals surface area contributed by atoms with Crippen LogP contribution in [0.15, 0.2) is 41.5 Å². The van der Waals surface area contributed by atoms with Crippen LogP contribution in [0.3, 0.4) is 0 Å². The molecule has 2 heterocycles. The molecule has 0 bridgehead atoms. The van der Waals surface area contributed by atoms with Gasteiger partial charge in [0.05, 0.1) is 6.54 Å². The topological polar surface area (TPSA) is 25.2 Å². The fourth-order valence-corrected chi connectivity index (χ4v) is 2.25. The Balaban J connectivity index is 1.88. The van der Waals surface area contributed by atoms with E-state index in [4.69, 9.17) is 11.6 Å². The van der Waals surface area contributed by atoms with Crippen molar-refractivity contribution in [3.63, 3.8) is 0 Å². The van der Waals surface area contributed by atoms with Crippen LogP contribution in [0.1, 0.15) is 22.3 Å². The SMILES string of the molecule is Clc1cc(Cc2ccc3c(c2)C=NC3)ccn1. The molecule has 1 aliphatic heterocycles. The average molecular weight is 243 g/mol. The number of pyridine rings is 1. The zero-order valence-electron chi connectivity index (χ0n) is 9.23. The van der Waals surface area contributed by atoms with E-state index in [1.165, 1.54) is 22.3 Å². The van der Waals surface area contributed by atoms with Gasteiger partial charge in [0, 0.05) is 12.4 Å². The third kappa shape index (κ3) is 2.22. The van der Waals surface area contributed by atoms with Crippen LogP contribution in [-0.2, 0) is 13.0 Å². The zero-order valence-corrected chi connectivity index (χ0v) is 9.98. The first-order valence-corrected chi connectivity index (χ1v) is 5.91. The Kier molecular flexibility index (Phi) is 2.65. The molecule has 0 saturated heterocycles. The molecule has 0 spiro atoms. The molecule has 2 nitrogen and oxygen atoms in total. The molecule has 1 aromatic heterocycles. The molecule has 3 rings (SSSR count). The average Bonchev–Trinajstić information content (AvgIpc) is 2.76. The Bertz CT molecular complexity index is 591. The summed E-state index contributed by atoms with van der Waals surface area (Å²) in [5, 5.41) is 0.547. The van der Waals surface area contributed by atoms with Gasteiger partial charge in [0.2, 0.25) is 0 Å². The second-order valence-electron chi connectivity index (χ2n) is 4.17. The summed E-state index contributed by atoms with van der Waals surface area (Å²) in [6, 6.07) is 10.4. The summed E-state index contributed by atoms with van der Waals surface area (Å²) in [5.74, 6) is 0. The lowest BCUT2D eigenvalue weighted by atomic mass is 10.0. The van der Waals surface area contributed by atoms with E-state index >= 15 is 0 Å². The summed E-state index contributed by atoms with van der Waals surface area (Å²) in [6.07, 6.45) is 4.56. The third-order valence-electron chi connectivity index (χ3n) is 2.90. The lowest BCUT2D eigenvalue weighted by Crippen LogP contribution is -1.92. The Morgan fingerprint density at radius 3 is 2.88 bits per heavy atom. The Morgan fingerprint density at radius 2 is 2.00 bits per heavy atom. The summed E-state index contributed by atoms with van der Waals surface area (Å²) in [4.78, 5) is 8.24. The standard InChI is InChI=1S/C14H11ClN2/c15-14-7-11(3-4-17-14)5-10-1-2-12-8-16-9-13(12)6-10/h1-4,6-7,9H,5,8H2. The molecule has 1 aliphatic rings. The lowest BCUT2D eigenvalue weighted by molar-refractivity contribution is 1.10.